The molecule has 6 rings (SSSR count). The summed E-state index contributed by atoms with van der Waals surface area (Å²) in [6.45, 7) is 7.64. The van der Waals surface area contributed by atoms with Crippen molar-refractivity contribution in [2.24, 2.45) is 0 Å². The van der Waals surface area contributed by atoms with Crippen LogP contribution in [0, 0.1) is 11.3 Å². The molecule has 3 aromatic rings. The fourth-order valence-corrected chi connectivity index (χ4v) is 6.61. The lowest BCUT2D eigenvalue weighted by molar-refractivity contribution is 0.00431. The molecular formula is C32H38FN7O2. The number of halogens is 1. The fourth-order valence-electron chi connectivity index (χ4n) is 6.61. The minimum Gasteiger partial charge on any atom is -0.462 e. The van der Waals surface area contributed by atoms with E-state index >= 15 is 0 Å². The number of hydrogen-bond donors (Lipinski definition) is 1. The Morgan fingerprint density at radius 1 is 1.12 bits per heavy atom. The molecule has 4 heterocycles. The van der Waals surface area contributed by atoms with E-state index in [0.717, 1.165) is 30.0 Å². The zero-order chi connectivity index (χ0) is 29.2. The van der Waals surface area contributed by atoms with Gasteiger partial charge in [-0.3, -0.25) is 9.80 Å². The Balaban J connectivity index is 1.32. The first-order chi connectivity index (χ1) is 20.4. The highest BCUT2D eigenvalue weighted by Crippen LogP contribution is 2.35. The van der Waals surface area contributed by atoms with Crippen LogP contribution < -0.4 is 14.5 Å². The number of aliphatic hydroxyl groups is 1. The van der Waals surface area contributed by atoms with Gasteiger partial charge in [-0.2, -0.15) is 15.2 Å². The number of fused-ring (bicyclic) bond motifs is 2. The highest BCUT2D eigenvalue weighted by atomic mass is 19.1. The quantitative estimate of drug-likeness (QED) is 0.408. The molecule has 3 aliphatic heterocycles. The summed E-state index contributed by atoms with van der Waals surface area (Å²) in [5.41, 5.74) is 3.18. The minimum absolute atomic E-state index is 0.0285. The summed E-state index contributed by atoms with van der Waals surface area (Å²) in [4.78, 5) is 18.3. The third-order valence-corrected chi connectivity index (χ3v) is 8.88. The molecule has 2 aromatic carbocycles. The molecule has 0 saturated carbocycles. The molecule has 9 nitrogen and oxygen atoms in total. The van der Waals surface area contributed by atoms with Gasteiger partial charge in [-0.05, 0) is 37.4 Å². The van der Waals surface area contributed by atoms with Gasteiger partial charge in [-0.25, -0.2) is 4.39 Å². The maximum Gasteiger partial charge on any atom is 0.318 e. The molecule has 0 bridgehead atoms. The van der Waals surface area contributed by atoms with E-state index in [2.05, 4.69) is 64.9 Å². The van der Waals surface area contributed by atoms with Gasteiger partial charge in [0.15, 0.2) is 0 Å². The molecule has 0 spiro atoms. The number of rotatable bonds is 8. The molecule has 1 aromatic heterocycles. The summed E-state index contributed by atoms with van der Waals surface area (Å²) < 4.78 is 20.2. The van der Waals surface area contributed by atoms with Crippen molar-refractivity contribution in [2.75, 3.05) is 56.2 Å². The van der Waals surface area contributed by atoms with Gasteiger partial charge < -0.3 is 19.6 Å². The molecule has 0 amide bonds. The number of nitrogens with zero attached hydrogens (tertiary/aromatic N) is 7. The predicted molar refractivity (Wildman–Crippen MR) is 161 cm³/mol. The van der Waals surface area contributed by atoms with Crippen LogP contribution in [-0.2, 0) is 13.0 Å². The van der Waals surface area contributed by atoms with Gasteiger partial charge in [0, 0.05) is 61.4 Å². The lowest BCUT2D eigenvalue weighted by Gasteiger charge is -2.43. The zero-order valence-corrected chi connectivity index (χ0v) is 24.1. The van der Waals surface area contributed by atoms with E-state index in [9.17, 15) is 14.8 Å². The monoisotopic (exact) mass is 571 g/mol. The van der Waals surface area contributed by atoms with Crippen LogP contribution in [0.5, 0.6) is 6.01 Å². The van der Waals surface area contributed by atoms with Crippen LogP contribution >= 0.6 is 0 Å². The number of alkyl halides is 1. The van der Waals surface area contributed by atoms with Gasteiger partial charge in [0.25, 0.3) is 0 Å². The van der Waals surface area contributed by atoms with Crippen molar-refractivity contribution in [1.29, 1.82) is 5.26 Å². The van der Waals surface area contributed by atoms with Crippen LogP contribution in [0.1, 0.15) is 24.1 Å². The van der Waals surface area contributed by atoms with Crippen LogP contribution in [0.4, 0.5) is 15.9 Å². The number of likely N-dealkylation sites (N-methyl/N-ethyl adjacent to an activating group) is 1. The van der Waals surface area contributed by atoms with E-state index in [1.54, 1.807) is 0 Å². The lowest BCUT2D eigenvalue weighted by atomic mass is 10.0. The Morgan fingerprint density at radius 3 is 2.74 bits per heavy atom. The molecular weight excluding hydrogens is 533 g/mol. The Hall–Kier alpha value is -3.78. The van der Waals surface area contributed by atoms with Crippen LogP contribution in [0.15, 0.2) is 55.1 Å². The van der Waals surface area contributed by atoms with E-state index < -0.39 is 12.4 Å². The number of likely N-dealkylation sites (tertiary alicyclic amines) is 1. The summed E-state index contributed by atoms with van der Waals surface area (Å²) in [7, 11) is 1.92. The second kappa shape index (κ2) is 12.2. The van der Waals surface area contributed by atoms with E-state index in [1.807, 2.05) is 16.8 Å². The van der Waals surface area contributed by atoms with Gasteiger partial charge in [-0.15, -0.1) is 0 Å². The second-order valence-electron chi connectivity index (χ2n) is 11.5. The molecule has 0 radical (unpaired) electrons. The minimum atomic E-state index is -0.850. The highest BCUT2D eigenvalue weighted by Gasteiger charge is 2.34. The number of ether oxygens (including phenoxy) is 1. The van der Waals surface area contributed by atoms with Gasteiger partial charge in [0.2, 0.25) is 0 Å². The number of piperazine rings is 1. The summed E-state index contributed by atoms with van der Waals surface area (Å²) in [6.07, 6.45) is 1.33. The van der Waals surface area contributed by atoms with Crippen molar-refractivity contribution >= 4 is 22.3 Å². The first-order valence-electron chi connectivity index (χ1n) is 14.7. The Kier molecular flexibility index (Phi) is 8.24. The smallest absolute Gasteiger partial charge is 0.318 e. The molecule has 4 atom stereocenters. The van der Waals surface area contributed by atoms with Gasteiger partial charge in [0.05, 0.1) is 24.7 Å². The molecule has 3 aliphatic rings. The van der Waals surface area contributed by atoms with Crippen LogP contribution in [0.3, 0.4) is 0 Å². The zero-order valence-electron chi connectivity index (χ0n) is 24.1. The van der Waals surface area contributed by atoms with Crippen molar-refractivity contribution < 1.29 is 14.2 Å². The third-order valence-electron chi connectivity index (χ3n) is 8.88. The standard InChI is InChI=1S/C32H38FN7O2/c1-3-30(41)40-16-15-39(19-24(40)11-13-34)31-27-12-14-38(29-10-6-8-22-7-4-5-9-26(22)29)20-28(27)35-32(36-31)42-21-25-17-23(33)18-37(25)2/h3-10,23-25,30,41H,1,11-12,14-21H2,2H3/t23-,24?,25+,30?/m1/s1. The number of aliphatic hydroxyl groups excluding tert-OH is 1. The third kappa shape index (κ3) is 5.64. The Labute approximate surface area is 246 Å². The lowest BCUT2D eigenvalue weighted by Crippen LogP contribution is -2.56. The maximum absolute atomic E-state index is 14.0. The average molecular weight is 572 g/mol. The number of anilines is 2. The highest BCUT2D eigenvalue weighted by molar-refractivity contribution is 5.94. The number of nitriles is 1. The first-order valence-corrected chi connectivity index (χ1v) is 14.7. The number of benzene rings is 2. The predicted octanol–water partition coefficient (Wildman–Crippen LogP) is 3.52. The van der Waals surface area contributed by atoms with Crippen LogP contribution in [-0.4, -0.2) is 95.7 Å². The van der Waals surface area contributed by atoms with Crippen LogP contribution in [0.2, 0.25) is 0 Å². The summed E-state index contributed by atoms with van der Waals surface area (Å²) in [5, 5.41) is 22.4. The topological polar surface area (TPSA) is 92.0 Å². The molecule has 2 fully saturated rings. The summed E-state index contributed by atoms with van der Waals surface area (Å²) in [5.74, 6) is 0.825. The van der Waals surface area contributed by atoms with E-state index in [4.69, 9.17) is 14.7 Å². The van der Waals surface area contributed by atoms with Gasteiger partial charge >= 0.3 is 6.01 Å². The van der Waals surface area contributed by atoms with Crippen molar-refractivity contribution in [2.45, 2.75) is 50.3 Å². The van der Waals surface area contributed by atoms with Crippen molar-refractivity contribution in [1.82, 2.24) is 19.8 Å². The Bertz CT molecular complexity index is 1470. The van der Waals surface area contributed by atoms with Crippen molar-refractivity contribution in [3.05, 3.63) is 66.4 Å². The second-order valence-corrected chi connectivity index (χ2v) is 11.5. The average Bonchev–Trinajstić information content (AvgIpc) is 3.34. The fraction of sp³-hybridized carbons (Fsp3) is 0.469. The van der Waals surface area contributed by atoms with Gasteiger partial charge in [-0.1, -0.05) is 43.0 Å². The first kappa shape index (κ1) is 28.3. The molecule has 0 aliphatic carbocycles. The van der Waals surface area contributed by atoms with E-state index in [-0.39, 0.29) is 18.5 Å². The van der Waals surface area contributed by atoms with Crippen molar-refractivity contribution in [3.8, 4) is 12.1 Å². The molecule has 220 valence electrons. The van der Waals surface area contributed by atoms with Crippen molar-refractivity contribution in [3.63, 3.8) is 0 Å². The number of hydrogen-bond acceptors (Lipinski definition) is 9. The molecule has 10 heteroatoms. The summed E-state index contributed by atoms with van der Waals surface area (Å²) >= 11 is 0. The van der Waals surface area contributed by atoms with Crippen LogP contribution in [0.25, 0.3) is 10.8 Å². The summed E-state index contributed by atoms with van der Waals surface area (Å²) in [6, 6.07) is 17.2. The largest absolute Gasteiger partial charge is 0.462 e. The van der Waals surface area contributed by atoms with E-state index in [1.165, 1.54) is 22.5 Å². The molecule has 2 saturated heterocycles. The molecule has 1 N–H and O–H groups in total. The van der Waals surface area contributed by atoms with Gasteiger partial charge in [0.1, 0.15) is 24.8 Å². The number of aromatic nitrogens is 2. The maximum atomic E-state index is 14.0. The SMILES string of the molecule is C=CC(O)N1CCN(c2nc(OC[C@@H]3C[C@@H](F)CN3C)nc3c2CCN(c2cccc4ccccc24)C3)CC1CC#N. The van der Waals surface area contributed by atoms with E-state index in [0.29, 0.717) is 51.8 Å². The Morgan fingerprint density at radius 2 is 1.95 bits per heavy atom. The normalized spacial score (nSPS) is 23.9. The molecule has 2 unspecified atom stereocenters. The molecule has 42 heavy (non-hydrogen) atoms.